The minimum absolute atomic E-state index is 0.702. The Balaban J connectivity index is 1.41. The van der Waals surface area contributed by atoms with Gasteiger partial charge in [0, 0.05) is 49.7 Å². The largest absolute Gasteiger partial charge is 0.497 e. The molecule has 4 rings (SSSR count). The van der Waals surface area contributed by atoms with Gasteiger partial charge in [-0.25, -0.2) is 0 Å². The van der Waals surface area contributed by atoms with Crippen molar-refractivity contribution in [2.24, 2.45) is 0 Å². The maximum atomic E-state index is 5.49. The van der Waals surface area contributed by atoms with Crippen LogP contribution in [0.3, 0.4) is 0 Å². The van der Waals surface area contributed by atoms with Crippen LogP contribution in [0, 0.1) is 0 Å². The average Bonchev–Trinajstić information content (AvgIpc) is 3.36. The molecule has 0 unspecified atom stereocenters. The van der Waals surface area contributed by atoms with Crippen molar-refractivity contribution in [2.45, 2.75) is 38.8 Å². The summed E-state index contributed by atoms with van der Waals surface area (Å²) >= 11 is 1.67. The summed E-state index contributed by atoms with van der Waals surface area (Å²) in [6.07, 6.45) is 7.16. The van der Waals surface area contributed by atoms with Crippen molar-refractivity contribution in [3.05, 3.63) is 47.8 Å². The third-order valence-electron chi connectivity index (χ3n) is 5.44. The lowest BCUT2D eigenvalue weighted by molar-refractivity contribution is 0.389. The monoisotopic (exact) mass is 427 g/mol. The van der Waals surface area contributed by atoms with Crippen LogP contribution in [0.1, 0.15) is 36.9 Å². The standard InChI is InChI=1S/C22H29N5O2S/c1-28-19-10-9-17(20(14-19)29-2)15-23-16-18-8-7-13-27(18)22-25-24-21(30-22)26-11-5-3-4-6-12-26/h7-10,13-14,23H,3-6,11-12,15-16H2,1-2H3. The van der Waals surface area contributed by atoms with Crippen LogP contribution in [-0.2, 0) is 13.1 Å². The van der Waals surface area contributed by atoms with Crippen LogP contribution < -0.4 is 19.7 Å². The first-order chi connectivity index (χ1) is 14.8. The predicted octanol–water partition coefficient (Wildman–Crippen LogP) is 4.02. The zero-order valence-electron chi connectivity index (χ0n) is 17.6. The number of anilines is 1. The first kappa shape index (κ1) is 20.7. The van der Waals surface area contributed by atoms with Gasteiger partial charge in [-0.2, -0.15) is 0 Å². The molecule has 1 aromatic carbocycles. The zero-order chi connectivity index (χ0) is 20.8. The van der Waals surface area contributed by atoms with Gasteiger partial charge >= 0.3 is 0 Å². The fraction of sp³-hybridized carbons (Fsp3) is 0.455. The molecule has 0 amide bonds. The normalized spacial score (nSPS) is 14.5. The molecule has 0 bridgehead atoms. The Bertz CT molecular complexity index is 947. The summed E-state index contributed by atoms with van der Waals surface area (Å²) in [6.45, 7) is 3.59. The van der Waals surface area contributed by atoms with Crippen LogP contribution in [-0.4, -0.2) is 42.1 Å². The summed E-state index contributed by atoms with van der Waals surface area (Å²) < 4.78 is 12.9. The number of aromatic nitrogens is 3. The molecule has 1 N–H and O–H groups in total. The number of nitrogens with zero attached hydrogens (tertiary/aromatic N) is 4. The second kappa shape index (κ2) is 9.95. The molecule has 1 saturated heterocycles. The fourth-order valence-corrected chi connectivity index (χ4v) is 4.68. The van der Waals surface area contributed by atoms with E-state index >= 15 is 0 Å². The van der Waals surface area contributed by atoms with E-state index in [9.17, 15) is 0 Å². The first-order valence-electron chi connectivity index (χ1n) is 10.4. The molecule has 0 aliphatic carbocycles. The van der Waals surface area contributed by atoms with Crippen molar-refractivity contribution >= 4 is 16.5 Å². The summed E-state index contributed by atoms with van der Waals surface area (Å²) in [5.41, 5.74) is 2.25. The highest BCUT2D eigenvalue weighted by Crippen LogP contribution is 2.27. The topological polar surface area (TPSA) is 64.4 Å². The number of ether oxygens (including phenoxy) is 2. The van der Waals surface area contributed by atoms with Crippen LogP contribution in [0.2, 0.25) is 0 Å². The zero-order valence-corrected chi connectivity index (χ0v) is 18.5. The van der Waals surface area contributed by atoms with E-state index in [1.165, 1.54) is 25.7 Å². The third-order valence-corrected chi connectivity index (χ3v) is 6.42. The molecule has 7 nitrogen and oxygen atoms in total. The Morgan fingerprint density at radius 3 is 2.53 bits per heavy atom. The molecule has 1 aliphatic heterocycles. The highest BCUT2D eigenvalue weighted by atomic mass is 32.1. The smallest absolute Gasteiger partial charge is 0.218 e. The molecule has 3 aromatic rings. The van der Waals surface area contributed by atoms with Crippen LogP contribution in [0.15, 0.2) is 36.5 Å². The maximum absolute atomic E-state index is 5.49. The van der Waals surface area contributed by atoms with Gasteiger partial charge in [-0.3, -0.25) is 4.57 Å². The molecule has 0 atom stereocenters. The van der Waals surface area contributed by atoms with E-state index < -0.39 is 0 Å². The van der Waals surface area contributed by atoms with Crippen LogP contribution >= 0.6 is 11.3 Å². The maximum Gasteiger partial charge on any atom is 0.218 e. The highest BCUT2D eigenvalue weighted by molar-refractivity contribution is 7.17. The van der Waals surface area contributed by atoms with E-state index in [0.29, 0.717) is 6.54 Å². The van der Waals surface area contributed by atoms with E-state index in [1.54, 1.807) is 25.6 Å². The second-order valence-corrected chi connectivity index (χ2v) is 8.35. The lowest BCUT2D eigenvalue weighted by atomic mass is 10.2. The van der Waals surface area contributed by atoms with E-state index in [1.807, 2.05) is 18.2 Å². The molecular weight excluding hydrogens is 398 g/mol. The third kappa shape index (κ3) is 4.76. The van der Waals surface area contributed by atoms with Gasteiger partial charge in [0.15, 0.2) is 0 Å². The molecule has 0 radical (unpaired) electrons. The number of hydrogen-bond acceptors (Lipinski definition) is 7. The van der Waals surface area contributed by atoms with Crippen molar-refractivity contribution in [3.8, 4) is 16.6 Å². The number of nitrogens with one attached hydrogen (secondary N) is 1. The second-order valence-electron chi connectivity index (χ2n) is 7.42. The summed E-state index contributed by atoms with van der Waals surface area (Å²) in [7, 11) is 3.34. The van der Waals surface area contributed by atoms with E-state index in [0.717, 1.165) is 52.7 Å². The Morgan fingerprint density at radius 1 is 0.967 bits per heavy atom. The molecule has 2 aromatic heterocycles. The fourth-order valence-electron chi connectivity index (χ4n) is 3.77. The lowest BCUT2D eigenvalue weighted by Crippen LogP contribution is -2.23. The van der Waals surface area contributed by atoms with E-state index in [2.05, 4.69) is 43.3 Å². The van der Waals surface area contributed by atoms with Gasteiger partial charge < -0.3 is 19.7 Å². The molecule has 3 heterocycles. The van der Waals surface area contributed by atoms with E-state index in [-0.39, 0.29) is 0 Å². The Labute approximate surface area is 181 Å². The van der Waals surface area contributed by atoms with Gasteiger partial charge in [-0.1, -0.05) is 30.2 Å². The van der Waals surface area contributed by atoms with E-state index in [4.69, 9.17) is 9.47 Å². The Morgan fingerprint density at radius 2 is 1.77 bits per heavy atom. The average molecular weight is 428 g/mol. The lowest BCUT2D eigenvalue weighted by Gasteiger charge is -2.17. The molecular formula is C22H29N5O2S. The van der Waals surface area contributed by atoms with Gasteiger partial charge in [0.2, 0.25) is 10.3 Å². The molecule has 30 heavy (non-hydrogen) atoms. The van der Waals surface area contributed by atoms with Crippen LogP contribution in [0.4, 0.5) is 5.13 Å². The van der Waals surface area contributed by atoms with Gasteiger partial charge in [0.25, 0.3) is 0 Å². The molecule has 1 fully saturated rings. The van der Waals surface area contributed by atoms with Crippen LogP contribution in [0.25, 0.3) is 5.13 Å². The summed E-state index contributed by atoms with van der Waals surface area (Å²) in [5.74, 6) is 1.62. The number of benzene rings is 1. The number of rotatable bonds is 8. The summed E-state index contributed by atoms with van der Waals surface area (Å²) in [4.78, 5) is 2.38. The van der Waals surface area contributed by atoms with Gasteiger partial charge in [0.1, 0.15) is 11.5 Å². The Kier molecular flexibility index (Phi) is 6.86. The van der Waals surface area contributed by atoms with Gasteiger partial charge in [0.05, 0.1) is 14.2 Å². The molecule has 0 spiro atoms. The van der Waals surface area contributed by atoms with Crippen LogP contribution in [0.5, 0.6) is 11.5 Å². The number of hydrogen-bond donors (Lipinski definition) is 1. The van der Waals surface area contributed by atoms with Crippen molar-refractivity contribution in [2.75, 3.05) is 32.2 Å². The summed E-state index contributed by atoms with van der Waals surface area (Å²) in [6, 6.07) is 10.1. The van der Waals surface area contributed by atoms with Crippen molar-refractivity contribution < 1.29 is 9.47 Å². The first-order valence-corrected chi connectivity index (χ1v) is 11.3. The SMILES string of the molecule is COc1ccc(CNCc2cccn2-c2nnc(N3CCCCCC3)s2)c(OC)c1. The quantitative estimate of drug-likeness (QED) is 0.586. The highest BCUT2D eigenvalue weighted by Gasteiger charge is 2.16. The molecule has 0 saturated carbocycles. The molecule has 8 heteroatoms. The Hall–Kier alpha value is -2.58. The molecule has 160 valence electrons. The van der Waals surface area contributed by atoms with Crippen molar-refractivity contribution in [1.29, 1.82) is 0 Å². The number of methoxy groups -OCH3 is 2. The predicted molar refractivity (Wildman–Crippen MR) is 120 cm³/mol. The minimum atomic E-state index is 0.702. The summed E-state index contributed by atoms with van der Waals surface area (Å²) in [5, 5.41) is 14.4. The minimum Gasteiger partial charge on any atom is -0.497 e. The van der Waals surface area contributed by atoms with Crippen molar-refractivity contribution in [3.63, 3.8) is 0 Å². The van der Waals surface area contributed by atoms with Gasteiger partial charge in [-0.15, -0.1) is 10.2 Å². The molecule has 1 aliphatic rings. The van der Waals surface area contributed by atoms with Gasteiger partial charge in [-0.05, 0) is 31.0 Å². The van der Waals surface area contributed by atoms with Crippen molar-refractivity contribution in [1.82, 2.24) is 20.1 Å².